The Bertz CT molecular complexity index is 430. The summed E-state index contributed by atoms with van der Waals surface area (Å²) in [6, 6.07) is 7.40. The van der Waals surface area contributed by atoms with Crippen LogP contribution in [-0.4, -0.2) is 45.1 Å². The molecule has 1 heterocycles. The normalized spacial score (nSPS) is 19.4. The summed E-state index contributed by atoms with van der Waals surface area (Å²) in [6.07, 6.45) is 1.37. The van der Waals surface area contributed by atoms with Gasteiger partial charge in [-0.25, -0.2) is 0 Å². The van der Waals surface area contributed by atoms with Crippen molar-refractivity contribution in [1.29, 1.82) is 0 Å². The number of halogens is 1. The maximum atomic E-state index is 10.2. The summed E-state index contributed by atoms with van der Waals surface area (Å²) in [5, 5.41) is 14.2. The molecule has 1 fully saturated rings. The minimum atomic E-state index is -0.599. The summed E-state index contributed by atoms with van der Waals surface area (Å²) in [4.78, 5) is 0. The van der Waals surface area contributed by atoms with Gasteiger partial charge in [-0.3, -0.25) is 0 Å². The molecule has 0 radical (unpaired) electrons. The zero-order valence-corrected chi connectivity index (χ0v) is 13.2. The minimum absolute atomic E-state index is 0.104. The number of ether oxygens (including phenoxy) is 2. The molecule has 1 aromatic carbocycles. The second kappa shape index (κ2) is 8.11. The topological polar surface area (TPSA) is 50.7 Å². The van der Waals surface area contributed by atoms with Crippen LogP contribution >= 0.6 is 11.6 Å². The summed E-state index contributed by atoms with van der Waals surface area (Å²) in [6.45, 7) is 3.56. The van der Waals surface area contributed by atoms with Crippen LogP contribution in [-0.2, 0) is 9.47 Å². The Labute approximate surface area is 131 Å². The molecule has 1 aliphatic rings. The van der Waals surface area contributed by atoms with E-state index in [1.54, 1.807) is 13.2 Å². The molecule has 2 N–H and O–H groups in total. The van der Waals surface area contributed by atoms with E-state index in [-0.39, 0.29) is 5.41 Å². The second-order valence-corrected chi connectivity index (χ2v) is 6.12. The van der Waals surface area contributed by atoms with Gasteiger partial charge < -0.3 is 19.9 Å². The van der Waals surface area contributed by atoms with Gasteiger partial charge in [-0.15, -0.1) is 0 Å². The fourth-order valence-corrected chi connectivity index (χ4v) is 3.07. The molecule has 0 aliphatic carbocycles. The predicted molar refractivity (Wildman–Crippen MR) is 83.6 cm³/mol. The van der Waals surface area contributed by atoms with Crippen molar-refractivity contribution in [2.24, 2.45) is 5.41 Å². The molecule has 1 aromatic rings. The van der Waals surface area contributed by atoms with Gasteiger partial charge in [0.15, 0.2) is 0 Å². The van der Waals surface area contributed by atoms with Crippen molar-refractivity contribution < 1.29 is 14.6 Å². The first-order chi connectivity index (χ1) is 10.2. The van der Waals surface area contributed by atoms with Gasteiger partial charge in [0.25, 0.3) is 0 Å². The Hall–Kier alpha value is -0.650. The number of hydrogen-bond donors (Lipinski definition) is 2. The highest BCUT2D eigenvalue weighted by molar-refractivity contribution is 6.31. The molecule has 1 saturated heterocycles. The highest BCUT2D eigenvalue weighted by Gasteiger charge is 2.32. The summed E-state index contributed by atoms with van der Waals surface area (Å²) in [5.41, 5.74) is 0.868. The Morgan fingerprint density at radius 3 is 2.76 bits per heavy atom. The van der Waals surface area contributed by atoms with Gasteiger partial charge in [0.1, 0.15) is 0 Å². The molecular formula is C16H24ClNO3. The molecule has 5 heteroatoms. The van der Waals surface area contributed by atoms with E-state index in [1.165, 1.54) is 0 Å². The first kappa shape index (κ1) is 16.7. The molecule has 0 aromatic heterocycles. The van der Waals surface area contributed by atoms with E-state index < -0.39 is 6.10 Å². The molecule has 118 valence electrons. The van der Waals surface area contributed by atoms with Crippen LogP contribution in [0.4, 0.5) is 0 Å². The van der Waals surface area contributed by atoms with Gasteiger partial charge in [0.05, 0.1) is 12.7 Å². The number of aliphatic hydroxyl groups excluding tert-OH is 1. The highest BCUT2D eigenvalue weighted by atomic mass is 35.5. The molecule has 0 unspecified atom stereocenters. The van der Waals surface area contributed by atoms with E-state index in [0.717, 1.165) is 38.2 Å². The largest absolute Gasteiger partial charge is 0.387 e. The first-order valence-corrected chi connectivity index (χ1v) is 7.75. The third-order valence-electron chi connectivity index (χ3n) is 4.11. The maximum Gasteiger partial charge on any atom is 0.0928 e. The Morgan fingerprint density at radius 1 is 1.38 bits per heavy atom. The highest BCUT2D eigenvalue weighted by Crippen LogP contribution is 2.30. The monoisotopic (exact) mass is 313 g/mol. The average molecular weight is 314 g/mol. The quantitative estimate of drug-likeness (QED) is 0.811. The van der Waals surface area contributed by atoms with E-state index >= 15 is 0 Å². The van der Waals surface area contributed by atoms with Crippen LogP contribution in [0.5, 0.6) is 0 Å². The predicted octanol–water partition coefficient (Wildman–Crippen LogP) is 2.41. The average Bonchev–Trinajstić information content (AvgIpc) is 2.49. The van der Waals surface area contributed by atoms with Gasteiger partial charge in [-0.05, 0) is 18.9 Å². The lowest BCUT2D eigenvalue weighted by Crippen LogP contribution is -2.43. The van der Waals surface area contributed by atoms with Crippen molar-refractivity contribution in [3.63, 3.8) is 0 Å². The lowest BCUT2D eigenvalue weighted by Gasteiger charge is -2.37. The SMILES string of the molecule is COCC1(CNC[C@@H](O)c2ccccc2Cl)CCOCC1. The van der Waals surface area contributed by atoms with Crippen molar-refractivity contribution in [2.75, 3.05) is 40.0 Å². The van der Waals surface area contributed by atoms with Crippen LogP contribution in [0.2, 0.25) is 5.02 Å². The summed E-state index contributed by atoms with van der Waals surface area (Å²) in [5.74, 6) is 0. The lowest BCUT2D eigenvalue weighted by atomic mass is 9.81. The number of hydrogen-bond acceptors (Lipinski definition) is 4. The van der Waals surface area contributed by atoms with Gasteiger partial charge in [-0.2, -0.15) is 0 Å². The van der Waals surface area contributed by atoms with Crippen molar-refractivity contribution in [3.05, 3.63) is 34.9 Å². The molecular weight excluding hydrogens is 290 g/mol. The first-order valence-electron chi connectivity index (χ1n) is 7.37. The van der Waals surface area contributed by atoms with Gasteiger partial charge in [-0.1, -0.05) is 29.8 Å². The van der Waals surface area contributed by atoms with Crippen molar-refractivity contribution in [3.8, 4) is 0 Å². The van der Waals surface area contributed by atoms with E-state index in [4.69, 9.17) is 21.1 Å². The van der Waals surface area contributed by atoms with E-state index in [0.29, 0.717) is 18.2 Å². The number of benzene rings is 1. The van der Waals surface area contributed by atoms with Crippen LogP contribution in [0.15, 0.2) is 24.3 Å². The Kier molecular flexibility index (Phi) is 6.45. The number of aliphatic hydroxyl groups is 1. The van der Waals surface area contributed by atoms with Crippen LogP contribution in [0.25, 0.3) is 0 Å². The number of methoxy groups -OCH3 is 1. The van der Waals surface area contributed by atoms with Gasteiger partial charge in [0, 0.05) is 49.4 Å². The van der Waals surface area contributed by atoms with Crippen LogP contribution in [0.1, 0.15) is 24.5 Å². The fraction of sp³-hybridized carbons (Fsp3) is 0.625. The van der Waals surface area contributed by atoms with Crippen molar-refractivity contribution >= 4 is 11.6 Å². The zero-order valence-electron chi connectivity index (χ0n) is 12.5. The molecule has 0 spiro atoms. The standard InChI is InChI=1S/C16H24ClNO3/c1-20-12-16(6-8-21-9-7-16)11-18-10-15(19)13-4-2-3-5-14(13)17/h2-5,15,18-19H,6-12H2,1H3/t15-/m1/s1. The van der Waals surface area contributed by atoms with Crippen LogP contribution in [0, 0.1) is 5.41 Å². The Balaban J connectivity index is 1.86. The lowest BCUT2D eigenvalue weighted by molar-refractivity contribution is -0.0278. The van der Waals surface area contributed by atoms with Crippen LogP contribution in [0.3, 0.4) is 0 Å². The molecule has 2 rings (SSSR count). The second-order valence-electron chi connectivity index (χ2n) is 5.71. The Morgan fingerprint density at radius 2 is 2.10 bits per heavy atom. The number of rotatable bonds is 7. The zero-order chi connectivity index (χ0) is 15.1. The van der Waals surface area contributed by atoms with Gasteiger partial charge >= 0.3 is 0 Å². The smallest absolute Gasteiger partial charge is 0.0928 e. The molecule has 4 nitrogen and oxygen atoms in total. The molecule has 1 aliphatic heterocycles. The van der Waals surface area contributed by atoms with Gasteiger partial charge in [0.2, 0.25) is 0 Å². The van der Waals surface area contributed by atoms with Crippen LogP contribution < -0.4 is 5.32 Å². The summed E-state index contributed by atoms with van der Waals surface area (Å²) >= 11 is 6.10. The summed E-state index contributed by atoms with van der Waals surface area (Å²) in [7, 11) is 1.73. The van der Waals surface area contributed by atoms with E-state index in [2.05, 4.69) is 5.32 Å². The number of nitrogens with one attached hydrogen (secondary N) is 1. The molecule has 0 bridgehead atoms. The third kappa shape index (κ3) is 4.66. The molecule has 0 saturated carbocycles. The van der Waals surface area contributed by atoms with Crippen molar-refractivity contribution in [1.82, 2.24) is 5.32 Å². The molecule has 21 heavy (non-hydrogen) atoms. The fourth-order valence-electron chi connectivity index (χ4n) is 2.81. The third-order valence-corrected chi connectivity index (χ3v) is 4.45. The van der Waals surface area contributed by atoms with E-state index in [9.17, 15) is 5.11 Å². The molecule has 0 amide bonds. The maximum absolute atomic E-state index is 10.2. The minimum Gasteiger partial charge on any atom is -0.387 e. The van der Waals surface area contributed by atoms with Crippen molar-refractivity contribution in [2.45, 2.75) is 18.9 Å². The van der Waals surface area contributed by atoms with E-state index in [1.807, 2.05) is 18.2 Å². The molecule has 1 atom stereocenters. The summed E-state index contributed by atoms with van der Waals surface area (Å²) < 4.78 is 10.8.